The number of sulfonamides is 1. The van der Waals surface area contributed by atoms with Gasteiger partial charge in [0.2, 0.25) is 0 Å². The third-order valence-electron chi connectivity index (χ3n) is 2.52. The van der Waals surface area contributed by atoms with Gasteiger partial charge in [-0.3, -0.25) is 9.40 Å². The van der Waals surface area contributed by atoms with Crippen LogP contribution in [0.4, 0.5) is 5.82 Å². The van der Waals surface area contributed by atoms with E-state index in [2.05, 4.69) is 9.82 Å². The predicted octanol–water partition coefficient (Wildman–Crippen LogP) is 0.258. The Morgan fingerprint density at radius 2 is 2.11 bits per heavy atom. The number of carboxylic acids is 1. The summed E-state index contributed by atoms with van der Waals surface area (Å²) in [6.07, 6.45) is 4.08. The number of aromatic carboxylic acids is 1. The Labute approximate surface area is 109 Å². The van der Waals surface area contributed by atoms with Crippen molar-refractivity contribution in [3.05, 3.63) is 30.2 Å². The number of aryl methyl sites for hydroxylation is 2. The molecular weight excluding hydrogens is 272 g/mol. The van der Waals surface area contributed by atoms with Crippen LogP contribution in [0.25, 0.3) is 0 Å². The van der Waals surface area contributed by atoms with Crippen LogP contribution in [0, 0.1) is 0 Å². The molecule has 2 rings (SSSR count). The molecule has 2 heterocycles. The summed E-state index contributed by atoms with van der Waals surface area (Å²) in [6.45, 7) is 0. The highest BCUT2D eigenvalue weighted by Gasteiger charge is 2.22. The maximum Gasteiger partial charge on any atom is 0.341 e. The summed E-state index contributed by atoms with van der Waals surface area (Å²) in [6, 6.07) is 1.42. The van der Waals surface area contributed by atoms with Crippen molar-refractivity contribution in [2.75, 3.05) is 4.72 Å². The first-order valence-electron chi connectivity index (χ1n) is 5.21. The molecule has 0 atom stereocenters. The van der Waals surface area contributed by atoms with Gasteiger partial charge < -0.3 is 9.67 Å². The van der Waals surface area contributed by atoms with E-state index in [0.29, 0.717) is 0 Å². The Morgan fingerprint density at radius 3 is 2.63 bits per heavy atom. The number of aromatic nitrogens is 3. The second-order valence-electron chi connectivity index (χ2n) is 3.95. The summed E-state index contributed by atoms with van der Waals surface area (Å²) >= 11 is 0. The molecule has 9 heteroatoms. The topological polar surface area (TPSA) is 106 Å². The van der Waals surface area contributed by atoms with E-state index in [1.54, 1.807) is 17.8 Å². The lowest BCUT2D eigenvalue weighted by Gasteiger charge is -2.07. The number of nitrogens with one attached hydrogen (secondary N) is 1. The van der Waals surface area contributed by atoms with Crippen LogP contribution < -0.4 is 4.72 Å². The molecule has 102 valence electrons. The molecule has 19 heavy (non-hydrogen) atoms. The molecule has 0 aliphatic heterocycles. The highest BCUT2D eigenvalue weighted by molar-refractivity contribution is 7.92. The first-order chi connectivity index (χ1) is 8.81. The van der Waals surface area contributed by atoms with Crippen LogP contribution in [0.5, 0.6) is 0 Å². The van der Waals surface area contributed by atoms with Crippen molar-refractivity contribution in [3.63, 3.8) is 0 Å². The van der Waals surface area contributed by atoms with Gasteiger partial charge >= 0.3 is 5.97 Å². The fraction of sp³-hybridized carbons (Fsp3) is 0.200. The minimum Gasteiger partial charge on any atom is -0.477 e. The Bertz CT molecular complexity index is 729. The summed E-state index contributed by atoms with van der Waals surface area (Å²) in [5.41, 5.74) is -0.206. The average molecular weight is 284 g/mol. The SMILES string of the molecule is Cn1ccc(S(=O)(=O)Nc2c(C(=O)O)cnn2C)c1. The maximum absolute atomic E-state index is 12.1. The molecule has 0 saturated carbocycles. The summed E-state index contributed by atoms with van der Waals surface area (Å²) in [7, 11) is -0.696. The van der Waals surface area contributed by atoms with E-state index < -0.39 is 16.0 Å². The van der Waals surface area contributed by atoms with Crippen LogP contribution in [0.1, 0.15) is 10.4 Å². The van der Waals surface area contributed by atoms with Crippen LogP contribution in [0.3, 0.4) is 0 Å². The molecule has 2 aromatic heterocycles. The van der Waals surface area contributed by atoms with Crippen LogP contribution in [0.15, 0.2) is 29.6 Å². The van der Waals surface area contributed by atoms with Gasteiger partial charge in [0.15, 0.2) is 5.82 Å². The summed E-state index contributed by atoms with van der Waals surface area (Å²) in [4.78, 5) is 11.0. The smallest absolute Gasteiger partial charge is 0.341 e. The van der Waals surface area contributed by atoms with Crippen LogP contribution >= 0.6 is 0 Å². The number of rotatable bonds is 4. The number of anilines is 1. The lowest BCUT2D eigenvalue weighted by molar-refractivity contribution is 0.0698. The van der Waals surface area contributed by atoms with Gasteiger partial charge in [-0.05, 0) is 6.07 Å². The molecular formula is C10H12N4O4S. The first-order valence-corrected chi connectivity index (χ1v) is 6.69. The molecule has 0 spiro atoms. The fourth-order valence-corrected chi connectivity index (χ4v) is 2.70. The first kappa shape index (κ1) is 13.1. The van der Waals surface area contributed by atoms with Crippen LogP contribution in [-0.4, -0.2) is 33.8 Å². The second kappa shape index (κ2) is 4.43. The average Bonchev–Trinajstić information content (AvgIpc) is 2.87. The molecule has 0 bridgehead atoms. The Morgan fingerprint density at radius 1 is 1.42 bits per heavy atom. The van der Waals surface area contributed by atoms with Gasteiger partial charge in [0.1, 0.15) is 10.5 Å². The minimum absolute atomic E-state index is 0.0486. The largest absolute Gasteiger partial charge is 0.477 e. The number of nitrogens with zero attached hydrogens (tertiary/aromatic N) is 3. The molecule has 0 unspecified atom stereocenters. The van der Waals surface area contributed by atoms with Crippen molar-refractivity contribution < 1.29 is 18.3 Å². The van der Waals surface area contributed by atoms with E-state index in [4.69, 9.17) is 5.11 Å². The number of hydrogen-bond donors (Lipinski definition) is 2. The van der Waals surface area contributed by atoms with Crippen molar-refractivity contribution >= 4 is 21.8 Å². The van der Waals surface area contributed by atoms with Crippen molar-refractivity contribution in [3.8, 4) is 0 Å². The van der Waals surface area contributed by atoms with Gasteiger partial charge in [-0.1, -0.05) is 0 Å². The van der Waals surface area contributed by atoms with Crippen LogP contribution in [-0.2, 0) is 24.1 Å². The predicted molar refractivity (Wildman–Crippen MR) is 66.4 cm³/mol. The lowest BCUT2D eigenvalue weighted by atomic mass is 10.3. The van der Waals surface area contributed by atoms with Crippen molar-refractivity contribution in [2.45, 2.75) is 4.90 Å². The van der Waals surface area contributed by atoms with E-state index in [-0.39, 0.29) is 16.3 Å². The Kier molecular flexibility index (Phi) is 3.06. The lowest BCUT2D eigenvalue weighted by Crippen LogP contribution is -2.17. The van der Waals surface area contributed by atoms with Crippen molar-refractivity contribution in [1.82, 2.24) is 14.3 Å². The molecule has 0 aliphatic rings. The third-order valence-corrected chi connectivity index (χ3v) is 3.84. The number of carboxylic acid groups (broad SMARTS) is 1. The quantitative estimate of drug-likeness (QED) is 0.837. The zero-order valence-corrected chi connectivity index (χ0v) is 11.0. The highest BCUT2D eigenvalue weighted by Crippen LogP contribution is 2.19. The van der Waals surface area contributed by atoms with Gasteiger partial charge in [0.25, 0.3) is 10.0 Å². The van der Waals surface area contributed by atoms with Gasteiger partial charge in [0, 0.05) is 26.5 Å². The molecule has 2 aromatic rings. The van der Waals surface area contributed by atoms with E-state index >= 15 is 0 Å². The summed E-state index contributed by atoms with van der Waals surface area (Å²) < 4.78 is 29.1. The van der Waals surface area contributed by atoms with E-state index in [9.17, 15) is 13.2 Å². The molecule has 0 aliphatic carbocycles. The van der Waals surface area contributed by atoms with E-state index in [0.717, 1.165) is 10.9 Å². The molecule has 0 radical (unpaired) electrons. The minimum atomic E-state index is -3.84. The molecule has 8 nitrogen and oxygen atoms in total. The number of hydrogen-bond acceptors (Lipinski definition) is 4. The summed E-state index contributed by atoms with van der Waals surface area (Å²) in [5, 5.41) is 12.7. The fourth-order valence-electron chi connectivity index (χ4n) is 1.54. The second-order valence-corrected chi connectivity index (χ2v) is 5.64. The molecule has 0 fully saturated rings. The molecule has 0 amide bonds. The third kappa shape index (κ3) is 2.45. The Hall–Kier alpha value is -2.29. The highest BCUT2D eigenvalue weighted by atomic mass is 32.2. The standard InChI is InChI=1S/C10H12N4O4S/c1-13-4-3-7(6-13)19(17,18)12-9-8(10(15)16)5-11-14(9)2/h3-6,12H,1-2H3,(H,15,16). The molecule has 2 N–H and O–H groups in total. The molecule has 0 aromatic carbocycles. The zero-order valence-electron chi connectivity index (χ0n) is 10.2. The van der Waals surface area contributed by atoms with Crippen LogP contribution in [0.2, 0.25) is 0 Å². The monoisotopic (exact) mass is 284 g/mol. The van der Waals surface area contributed by atoms with Gasteiger partial charge in [-0.2, -0.15) is 5.10 Å². The van der Waals surface area contributed by atoms with Crippen molar-refractivity contribution in [2.24, 2.45) is 14.1 Å². The van der Waals surface area contributed by atoms with Gasteiger partial charge in [-0.25, -0.2) is 13.2 Å². The molecule has 0 saturated heterocycles. The summed E-state index contributed by atoms with van der Waals surface area (Å²) in [5.74, 6) is -1.34. The van der Waals surface area contributed by atoms with E-state index in [1.165, 1.54) is 19.3 Å². The van der Waals surface area contributed by atoms with Crippen molar-refractivity contribution in [1.29, 1.82) is 0 Å². The van der Waals surface area contributed by atoms with Gasteiger partial charge in [0.05, 0.1) is 6.20 Å². The zero-order chi connectivity index (χ0) is 14.2. The van der Waals surface area contributed by atoms with E-state index in [1.807, 2.05) is 0 Å². The number of carbonyl (C=O) groups is 1. The normalized spacial score (nSPS) is 11.5. The van der Waals surface area contributed by atoms with Gasteiger partial charge in [-0.15, -0.1) is 0 Å². The Balaban J connectivity index is 2.41. The maximum atomic E-state index is 12.1.